The molecule has 2 aromatic rings. The van der Waals surface area contributed by atoms with Crippen molar-refractivity contribution >= 4 is 35.8 Å². The van der Waals surface area contributed by atoms with Crippen molar-refractivity contribution in [1.82, 2.24) is 20.8 Å². The summed E-state index contributed by atoms with van der Waals surface area (Å²) in [6.07, 6.45) is 1.86. The molecular formula is C16H25IN6O. The molecule has 0 aromatic carbocycles. The number of nitrogens with one attached hydrogen (secondary N) is 2. The molecule has 0 saturated carbocycles. The van der Waals surface area contributed by atoms with Crippen LogP contribution in [-0.4, -0.2) is 37.2 Å². The minimum atomic E-state index is 0. The zero-order valence-electron chi connectivity index (χ0n) is 14.8. The Balaban J connectivity index is 0.00000288. The molecule has 0 atom stereocenters. The fourth-order valence-electron chi connectivity index (χ4n) is 2.12. The highest BCUT2D eigenvalue weighted by molar-refractivity contribution is 14.0. The quantitative estimate of drug-likeness (QED) is 0.419. The molecule has 0 bridgehead atoms. The van der Waals surface area contributed by atoms with Crippen LogP contribution in [0.3, 0.4) is 0 Å². The highest BCUT2D eigenvalue weighted by Crippen LogP contribution is 2.11. The summed E-state index contributed by atoms with van der Waals surface area (Å²) in [5.41, 5.74) is 3.05. The van der Waals surface area contributed by atoms with Gasteiger partial charge in [-0.3, -0.25) is 4.99 Å². The Labute approximate surface area is 159 Å². The zero-order valence-corrected chi connectivity index (χ0v) is 17.1. The summed E-state index contributed by atoms with van der Waals surface area (Å²) in [7, 11) is 5.69. The Bertz CT molecular complexity index is 646. The molecular weight excluding hydrogens is 419 g/mol. The third-order valence-electron chi connectivity index (χ3n) is 3.56. The molecule has 0 aliphatic carbocycles. The molecule has 0 unspecified atom stereocenters. The fraction of sp³-hybridized carbons (Fsp3) is 0.438. The summed E-state index contributed by atoms with van der Waals surface area (Å²) in [4.78, 5) is 10.6. The molecule has 2 N–H and O–H groups in total. The number of hydrogen-bond acceptors (Lipinski definition) is 5. The third kappa shape index (κ3) is 5.36. The van der Waals surface area contributed by atoms with E-state index in [0.717, 1.165) is 34.4 Å². The number of pyridine rings is 1. The highest BCUT2D eigenvalue weighted by atomic mass is 127. The minimum absolute atomic E-state index is 0. The van der Waals surface area contributed by atoms with E-state index in [1.807, 2.05) is 45.1 Å². The second kappa shape index (κ2) is 9.45. The van der Waals surface area contributed by atoms with Crippen molar-refractivity contribution in [2.45, 2.75) is 26.9 Å². The smallest absolute Gasteiger partial charge is 0.191 e. The van der Waals surface area contributed by atoms with Crippen molar-refractivity contribution in [2.24, 2.45) is 4.99 Å². The molecule has 0 aliphatic heterocycles. The van der Waals surface area contributed by atoms with E-state index in [1.54, 1.807) is 7.05 Å². The maximum Gasteiger partial charge on any atom is 0.191 e. The number of rotatable bonds is 5. The Morgan fingerprint density at radius 3 is 2.42 bits per heavy atom. The highest BCUT2D eigenvalue weighted by Gasteiger charge is 2.09. The number of halogens is 1. The topological polar surface area (TPSA) is 78.6 Å². The van der Waals surface area contributed by atoms with Crippen LogP contribution in [0.2, 0.25) is 0 Å². The maximum absolute atomic E-state index is 5.16. The van der Waals surface area contributed by atoms with E-state index in [2.05, 4.69) is 31.8 Å². The first-order valence-electron chi connectivity index (χ1n) is 7.49. The zero-order chi connectivity index (χ0) is 16.8. The average molecular weight is 444 g/mol. The van der Waals surface area contributed by atoms with Gasteiger partial charge in [-0.1, -0.05) is 11.2 Å². The van der Waals surface area contributed by atoms with Crippen LogP contribution in [0.15, 0.2) is 27.8 Å². The lowest BCUT2D eigenvalue weighted by Gasteiger charge is -2.13. The summed E-state index contributed by atoms with van der Waals surface area (Å²) in [6, 6.07) is 4.05. The first kappa shape index (κ1) is 20.2. The van der Waals surface area contributed by atoms with Gasteiger partial charge in [0.15, 0.2) is 5.96 Å². The Morgan fingerprint density at radius 2 is 1.92 bits per heavy atom. The first-order valence-corrected chi connectivity index (χ1v) is 7.49. The van der Waals surface area contributed by atoms with Crippen molar-refractivity contribution in [3.8, 4) is 0 Å². The standard InChI is InChI=1S/C16H24N6O.HI/c1-11-14(12(2)23-21-11)10-20-16(17-3)19-9-13-6-7-15(18-8-13)22(4)5;/h6-8H,9-10H2,1-5H3,(H2,17,19,20);1H. The lowest BCUT2D eigenvalue weighted by atomic mass is 10.2. The predicted octanol–water partition coefficient (Wildman–Crippen LogP) is 2.24. The van der Waals surface area contributed by atoms with Crippen LogP contribution < -0.4 is 15.5 Å². The van der Waals surface area contributed by atoms with E-state index < -0.39 is 0 Å². The molecule has 0 fully saturated rings. The van der Waals surface area contributed by atoms with Gasteiger partial charge in [-0.05, 0) is 25.5 Å². The SMILES string of the molecule is CN=C(NCc1ccc(N(C)C)nc1)NCc1c(C)noc1C.I. The molecule has 0 saturated heterocycles. The second-order valence-corrected chi connectivity index (χ2v) is 5.50. The van der Waals surface area contributed by atoms with E-state index in [9.17, 15) is 0 Å². The van der Waals surface area contributed by atoms with E-state index in [0.29, 0.717) is 13.1 Å². The van der Waals surface area contributed by atoms with E-state index in [-0.39, 0.29) is 24.0 Å². The van der Waals surface area contributed by atoms with Gasteiger partial charge in [0.2, 0.25) is 0 Å². The summed E-state index contributed by atoms with van der Waals surface area (Å²) < 4.78 is 5.16. The van der Waals surface area contributed by atoms with Crippen LogP contribution >= 0.6 is 24.0 Å². The number of nitrogens with zero attached hydrogens (tertiary/aromatic N) is 4. The van der Waals surface area contributed by atoms with Crippen molar-refractivity contribution in [3.05, 3.63) is 40.9 Å². The third-order valence-corrected chi connectivity index (χ3v) is 3.56. The molecule has 7 nitrogen and oxygen atoms in total. The largest absolute Gasteiger partial charge is 0.363 e. The number of aryl methyl sites for hydroxylation is 2. The normalized spacial score (nSPS) is 11.0. The van der Waals surface area contributed by atoms with Gasteiger partial charge in [-0.15, -0.1) is 24.0 Å². The number of anilines is 1. The maximum atomic E-state index is 5.16. The summed E-state index contributed by atoms with van der Waals surface area (Å²) in [5.74, 6) is 2.49. The Hall–Kier alpha value is -1.84. The molecule has 0 spiro atoms. The Morgan fingerprint density at radius 1 is 1.21 bits per heavy atom. The van der Waals surface area contributed by atoms with Gasteiger partial charge in [-0.2, -0.15) is 0 Å². The summed E-state index contributed by atoms with van der Waals surface area (Å²) in [5, 5.41) is 10.5. The monoisotopic (exact) mass is 444 g/mol. The van der Waals surface area contributed by atoms with Crippen LogP contribution in [0.25, 0.3) is 0 Å². The average Bonchev–Trinajstić information content (AvgIpc) is 2.87. The van der Waals surface area contributed by atoms with Crippen LogP contribution in [0.4, 0.5) is 5.82 Å². The molecule has 0 radical (unpaired) electrons. The van der Waals surface area contributed by atoms with Gasteiger partial charge < -0.3 is 20.1 Å². The van der Waals surface area contributed by atoms with Crippen molar-refractivity contribution in [2.75, 3.05) is 26.0 Å². The minimum Gasteiger partial charge on any atom is -0.363 e. The van der Waals surface area contributed by atoms with Crippen LogP contribution in [0.1, 0.15) is 22.6 Å². The molecule has 2 rings (SSSR count). The molecule has 8 heteroatoms. The summed E-state index contributed by atoms with van der Waals surface area (Å²) >= 11 is 0. The van der Waals surface area contributed by atoms with Gasteiger partial charge >= 0.3 is 0 Å². The van der Waals surface area contributed by atoms with Crippen molar-refractivity contribution < 1.29 is 4.52 Å². The number of aromatic nitrogens is 2. The van der Waals surface area contributed by atoms with E-state index in [1.165, 1.54) is 0 Å². The van der Waals surface area contributed by atoms with Gasteiger partial charge in [0.05, 0.1) is 5.69 Å². The lowest BCUT2D eigenvalue weighted by Crippen LogP contribution is -2.36. The first-order chi connectivity index (χ1) is 11.0. The van der Waals surface area contributed by atoms with E-state index >= 15 is 0 Å². The number of hydrogen-bond donors (Lipinski definition) is 2. The lowest BCUT2D eigenvalue weighted by molar-refractivity contribution is 0.392. The fourth-order valence-corrected chi connectivity index (χ4v) is 2.12. The number of guanidine groups is 1. The number of aliphatic imine (C=N–C) groups is 1. The molecule has 0 aliphatic rings. The molecule has 2 heterocycles. The van der Waals surface area contributed by atoms with Gasteiger partial charge in [0.25, 0.3) is 0 Å². The van der Waals surface area contributed by atoms with Crippen LogP contribution in [0.5, 0.6) is 0 Å². The second-order valence-electron chi connectivity index (χ2n) is 5.50. The Kier molecular flexibility index (Phi) is 7.96. The van der Waals surface area contributed by atoms with Gasteiger partial charge in [0, 0.05) is 46.0 Å². The molecule has 2 aromatic heterocycles. The molecule has 24 heavy (non-hydrogen) atoms. The van der Waals surface area contributed by atoms with Crippen molar-refractivity contribution in [1.29, 1.82) is 0 Å². The molecule has 0 amide bonds. The van der Waals surface area contributed by atoms with Crippen LogP contribution in [-0.2, 0) is 13.1 Å². The van der Waals surface area contributed by atoms with E-state index in [4.69, 9.17) is 4.52 Å². The predicted molar refractivity (Wildman–Crippen MR) is 107 cm³/mol. The summed E-state index contributed by atoms with van der Waals surface area (Å²) in [6.45, 7) is 5.12. The molecule has 132 valence electrons. The van der Waals surface area contributed by atoms with Gasteiger partial charge in [0.1, 0.15) is 11.6 Å². The van der Waals surface area contributed by atoms with Gasteiger partial charge in [-0.25, -0.2) is 4.98 Å². The van der Waals surface area contributed by atoms with Crippen molar-refractivity contribution in [3.63, 3.8) is 0 Å². The van der Waals surface area contributed by atoms with Crippen LogP contribution in [0, 0.1) is 13.8 Å².